The van der Waals surface area contributed by atoms with Crippen LogP contribution in [0.3, 0.4) is 0 Å². The molecule has 1 heterocycles. The first-order chi connectivity index (χ1) is 14.4. The van der Waals surface area contributed by atoms with E-state index in [1.807, 2.05) is 41.9 Å². The number of sulfone groups is 1. The van der Waals surface area contributed by atoms with Gasteiger partial charge in [0.05, 0.1) is 22.0 Å². The van der Waals surface area contributed by atoms with Gasteiger partial charge in [0.25, 0.3) is 0 Å². The number of hydrogen-bond acceptors (Lipinski definition) is 3. The lowest BCUT2D eigenvalue weighted by atomic mass is 9.97. The van der Waals surface area contributed by atoms with E-state index >= 15 is 0 Å². The zero-order valence-electron chi connectivity index (χ0n) is 16.7. The molecular weight excluding hydrogens is 399 g/mol. The van der Waals surface area contributed by atoms with E-state index in [1.54, 1.807) is 36.4 Å². The summed E-state index contributed by atoms with van der Waals surface area (Å²) in [6.07, 6.45) is 1.89. The van der Waals surface area contributed by atoms with Crippen molar-refractivity contribution in [2.75, 3.05) is 6.26 Å². The molecule has 30 heavy (non-hydrogen) atoms. The highest BCUT2D eigenvalue weighted by Crippen LogP contribution is 2.37. The molecule has 0 aliphatic heterocycles. The Bertz CT molecular complexity index is 1280. The van der Waals surface area contributed by atoms with Gasteiger partial charge >= 0.3 is 0 Å². The van der Waals surface area contributed by atoms with E-state index in [2.05, 4.69) is 0 Å². The van der Waals surface area contributed by atoms with Crippen LogP contribution in [-0.2, 0) is 16.3 Å². The van der Waals surface area contributed by atoms with E-state index in [1.165, 1.54) is 18.4 Å². The molecule has 0 N–H and O–H groups in total. The maximum Gasteiger partial charge on any atom is 0.175 e. The average Bonchev–Trinajstić information content (AvgIpc) is 3.14. The van der Waals surface area contributed by atoms with Gasteiger partial charge in [-0.15, -0.1) is 0 Å². The standard InChI is InChI=1S/C24H21FN2O2S/c1-3-22-23(17-9-13-19(25)14-10-17)24(27(26-22)20-7-5-4-6-8-20)18-11-15-21(16-12-18)30(2,28)29/h4-16H,3H2,1-2H3. The lowest BCUT2D eigenvalue weighted by molar-refractivity contribution is 0.602. The molecule has 152 valence electrons. The molecule has 0 unspecified atom stereocenters. The summed E-state index contributed by atoms with van der Waals surface area (Å²) in [5.74, 6) is -0.300. The number of para-hydroxylation sites is 1. The van der Waals surface area contributed by atoms with Gasteiger partial charge in [-0.1, -0.05) is 49.4 Å². The predicted molar refractivity (Wildman–Crippen MR) is 117 cm³/mol. The summed E-state index contributed by atoms with van der Waals surface area (Å²) in [5, 5.41) is 4.85. The average molecular weight is 421 g/mol. The van der Waals surface area contributed by atoms with Crippen LogP contribution in [0.1, 0.15) is 12.6 Å². The van der Waals surface area contributed by atoms with Gasteiger partial charge in [0.15, 0.2) is 9.84 Å². The first-order valence-corrected chi connectivity index (χ1v) is 11.5. The summed E-state index contributed by atoms with van der Waals surface area (Å²) in [6.45, 7) is 2.03. The molecule has 0 atom stereocenters. The molecule has 0 aliphatic carbocycles. The molecule has 0 amide bonds. The minimum atomic E-state index is -3.29. The predicted octanol–water partition coefficient (Wildman–Crippen LogP) is 5.31. The molecule has 4 aromatic rings. The second-order valence-corrected chi connectivity index (χ2v) is 9.09. The number of benzene rings is 3. The summed E-state index contributed by atoms with van der Waals surface area (Å²) in [7, 11) is -3.29. The maximum atomic E-state index is 13.6. The Morgan fingerprint density at radius 2 is 1.47 bits per heavy atom. The summed E-state index contributed by atoms with van der Waals surface area (Å²) in [4.78, 5) is 0.260. The summed E-state index contributed by atoms with van der Waals surface area (Å²) >= 11 is 0. The van der Waals surface area contributed by atoms with Crippen molar-refractivity contribution in [3.8, 4) is 28.1 Å². The molecule has 4 nitrogen and oxygen atoms in total. The van der Waals surface area contributed by atoms with Gasteiger partial charge in [-0.25, -0.2) is 17.5 Å². The minimum absolute atomic E-state index is 0.260. The van der Waals surface area contributed by atoms with Gasteiger partial charge < -0.3 is 0 Å². The zero-order valence-corrected chi connectivity index (χ0v) is 17.5. The van der Waals surface area contributed by atoms with Crippen LogP contribution < -0.4 is 0 Å². The first-order valence-electron chi connectivity index (χ1n) is 9.62. The smallest absolute Gasteiger partial charge is 0.175 e. The van der Waals surface area contributed by atoms with Crippen LogP contribution in [-0.4, -0.2) is 24.5 Å². The monoisotopic (exact) mass is 420 g/mol. The van der Waals surface area contributed by atoms with Crippen LogP contribution in [0.4, 0.5) is 4.39 Å². The SMILES string of the molecule is CCc1nn(-c2ccccc2)c(-c2ccc(S(C)(=O)=O)cc2)c1-c1ccc(F)cc1. The van der Waals surface area contributed by atoms with Crippen LogP contribution in [0.2, 0.25) is 0 Å². The third-order valence-electron chi connectivity index (χ3n) is 4.98. The Morgan fingerprint density at radius 3 is 2.03 bits per heavy atom. The van der Waals surface area contributed by atoms with Gasteiger partial charge in [-0.3, -0.25) is 0 Å². The number of halogens is 1. The number of nitrogens with zero attached hydrogens (tertiary/aromatic N) is 2. The van der Waals surface area contributed by atoms with Crippen LogP contribution in [0.15, 0.2) is 83.8 Å². The molecule has 0 fully saturated rings. The zero-order chi connectivity index (χ0) is 21.3. The van der Waals surface area contributed by atoms with Crippen molar-refractivity contribution in [2.45, 2.75) is 18.2 Å². The van der Waals surface area contributed by atoms with E-state index in [9.17, 15) is 12.8 Å². The molecule has 0 saturated carbocycles. The van der Waals surface area contributed by atoms with E-state index in [-0.39, 0.29) is 10.7 Å². The second-order valence-electron chi connectivity index (χ2n) is 7.07. The quantitative estimate of drug-likeness (QED) is 0.440. The molecule has 6 heteroatoms. The Kier molecular flexibility index (Phi) is 5.26. The number of rotatable bonds is 5. The van der Waals surface area contributed by atoms with Crippen LogP contribution in [0, 0.1) is 5.82 Å². The Morgan fingerprint density at radius 1 is 0.867 bits per heavy atom. The molecule has 0 radical (unpaired) electrons. The lowest BCUT2D eigenvalue weighted by Gasteiger charge is -2.11. The number of aromatic nitrogens is 2. The van der Waals surface area contributed by atoms with Crippen molar-refractivity contribution in [3.63, 3.8) is 0 Å². The molecule has 0 saturated heterocycles. The number of aryl methyl sites for hydroxylation is 1. The highest BCUT2D eigenvalue weighted by molar-refractivity contribution is 7.90. The summed E-state index contributed by atoms with van der Waals surface area (Å²) < 4.78 is 39.2. The van der Waals surface area contributed by atoms with Crippen molar-refractivity contribution in [2.24, 2.45) is 0 Å². The summed E-state index contributed by atoms with van der Waals surface area (Å²) in [6, 6.07) is 22.9. The Hall–Kier alpha value is -3.25. The second kappa shape index (κ2) is 7.88. The topological polar surface area (TPSA) is 52.0 Å². The van der Waals surface area contributed by atoms with E-state index < -0.39 is 9.84 Å². The van der Waals surface area contributed by atoms with E-state index in [0.29, 0.717) is 6.42 Å². The van der Waals surface area contributed by atoms with Crippen molar-refractivity contribution in [1.29, 1.82) is 0 Å². The minimum Gasteiger partial charge on any atom is -0.232 e. The van der Waals surface area contributed by atoms with Gasteiger partial charge in [0.1, 0.15) is 5.82 Å². The molecule has 3 aromatic carbocycles. The van der Waals surface area contributed by atoms with Gasteiger partial charge in [0, 0.05) is 17.4 Å². The third kappa shape index (κ3) is 3.78. The Balaban J connectivity index is 2.01. The number of hydrogen-bond donors (Lipinski definition) is 0. The van der Waals surface area contributed by atoms with Gasteiger partial charge in [-0.05, 0) is 48.4 Å². The van der Waals surface area contributed by atoms with Gasteiger partial charge in [0.2, 0.25) is 0 Å². The molecule has 1 aromatic heterocycles. The summed E-state index contributed by atoms with van der Waals surface area (Å²) in [5.41, 5.74) is 5.21. The molecular formula is C24H21FN2O2S. The third-order valence-corrected chi connectivity index (χ3v) is 6.11. The Labute approximate surface area is 175 Å². The highest BCUT2D eigenvalue weighted by Gasteiger charge is 2.21. The molecule has 0 bridgehead atoms. The lowest BCUT2D eigenvalue weighted by Crippen LogP contribution is -2.00. The first kappa shape index (κ1) is 20.0. The van der Waals surface area contributed by atoms with E-state index in [0.717, 1.165) is 33.8 Å². The van der Waals surface area contributed by atoms with Crippen molar-refractivity contribution in [1.82, 2.24) is 9.78 Å². The highest BCUT2D eigenvalue weighted by atomic mass is 32.2. The molecule has 0 aliphatic rings. The van der Waals surface area contributed by atoms with Crippen LogP contribution in [0.5, 0.6) is 0 Å². The van der Waals surface area contributed by atoms with Crippen molar-refractivity contribution in [3.05, 3.63) is 90.4 Å². The molecule has 4 rings (SSSR count). The largest absolute Gasteiger partial charge is 0.232 e. The van der Waals surface area contributed by atoms with Crippen molar-refractivity contribution < 1.29 is 12.8 Å². The van der Waals surface area contributed by atoms with Crippen LogP contribution >= 0.6 is 0 Å². The van der Waals surface area contributed by atoms with Crippen molar-refractivity contribution >= 4 is 9.84 Å². The normalized spacial score (nSPS) is 11.6. The fourth-order valence-corrected chi connectivity index (χ4v) is 4.14. The molecule has 0 spiro atoms. The fourth-order valence-electron chi connectivity index (χ4n) is 3.51. The van der Waals surface area contributed by atoms with Crippen LogP contribution in [0.25, 0.3) is 28.1 Å². The van der Waals surface area contributed by atoms with Gasteiger partial charge in [-0.2, -0.15) is 5.10 Å². The maximum absolute atomic E-state index is 13.6. The fraction of sp³-hybridized carbons (Fsp3) is 0.125. The van der Waals surface area contributed by atoms with E-state index in [4.69, 9.17) is 5.10 Å².